The maximum atomic E-state index is 13.7. The molecule has 2 atom stereocenters. The number of para-hydroxylation sites is 1. The van der Waals surface area contributed by atoms with Gasteiger partial charge in [0.1, 0.15) is 23.4 Å². The molecule has 0 saturated carbocycles. The normalized spacial score (nSPS) is 18.2. The van der Waals surface area contributed by atoms with Crippen molar-refractivity contribution in [2.24, 2.45) is 0 Å². The summed E-state index contributed by atoms with van der Waals surface area (Å²) >= 11 is 0. The Balaban J connectivity index is 1.46. The van der Waals surface area contributed by atoms with E-state index >= 15 is 0 Å². The van der Waals surface area contributed by atoms with Gasteiger partial charge in [-0.2, -0.15) is 0 Å². The minimum absolute atomic E-state index is 0.120. The summed E-state index contributed by atoms with van der Waals surface area (Å²) in [7, 11) is 0. The van der Waals surface area contributed by atoms with Crippen LogP contribution in [0, 0.1) is 11.6 Å². The van der Waals surface area contributed by atoms with Crippen molar-refractivity contribution in [3.8, 4) is 0 Å². The van der Waals surface area contributed by atoms with E-state index in [1.54, 1.807) is 12.1 Å². The number of carbonyl (C=O) groups is 3. The Morgan fingerprint density at radius 1 is 1.23 bits per heavy atom. The van der Waals surface area contributed by atoms with Gasteiger partial charge in [0.05, 0.1) is 16.9 Å². The van der Waals surface area contributed by atoms with Crippen LogP contribution in [-0.2, 0) is 14.3 Å². The minimum Gasteiger partial charge on any atom is -0.449 e. The number of carbonyl (C=O) groups excluding carboxylic acids is 3. The number of rotatable bonds is 4. The van der Waals surface area contributed by atoms with E-state index in [2.05, 4.69) is 10.6 Å². The van der Waals surface area contributed by atoms with Crippen LogP contribution < -0.4 is 15.5 Å². The summed E-state index contributed by atoms with van der Waals surface area (Å²) in [5.41, 5.74) is 0.859. The van der Waals surface area contributed by atoms with Gasteiger partial charge < -0.3 is 20.3 Å². The largest absolute Gasteiger partial charge is 0.449 e. The number of hydrogen-bond donors (Lipinski definition) is 2. The van der Waals surface area contributed by atoms with Crippen LogP contribution in [0.5, 0.6) is 0 Å². The summed E-state index contributed by atoms with van der Waals surface area (Å²) in [5.74, 6) is -3.67. The molecule has 0 unspecified atom stereocenters. The van der Waals surface area contributed by atoms with Crippen molar-refractivity contribution >= 4 is 34.8 Å². The van der Waals surface area contributed by atoms with Crippen LogP contribution in [0.25, 0.3) is 0 Å². The summed E-state index contributed by atoms with van der Waals surface area (Å²) in [4.78, 5) is 38.9. The van der Waals surface area contributed by atoms with Crippen molar-refractivity contribution in [2.45, 2.75) is 31.9 Å². The summed E-state index contributed by atoms with van der Waals surface area (Å²) in [5, 5.41) is 4.88. The second-order valence-electron chi connectivity index (χ2n) is 7.21. The highest BCUT2D eigenvalue weighted by Crippen LogP contribution is 2.37. The predicted molar refractivity (Wildman–Crippen MR) is 105 cm³/mol. The lowest BCUT2D eigenvalue weighted by atomic mass is 10.1. The zero-order valence-corrected chi connectivity index (χ0v) is 16.1. The van der Waals surface area contributed by atoms with E-state index in [4.69, 9.17) is 4.74 Å². The van der Waals surface area contributed by atoms with Gasteiger partial charge in [0.2, 0.25) is 5.91 Å². The molecule has 0 radical (unpaired) electrons. The lowest BCUT2D eigenvalue weighted by molar-refractivity contribution is -0.123. The highest BCUT2D eigenvalue weighted by molar-refractivity contribution is 6.06. The number of esters is 1. The molecule has 0 aliphatic carbocycles. The van der Waals surface area contributed by atoms with Crippen LogP contribution in [0.15, 0.2) is 36.4 Å². The molecule has 2 heterocycles. The SMILES string of the molecule is C[C@H](OC(=O)c1ccc2c(c1)NC(=O)[C@@H]1CCCN21)C(=O)Nc1c(F)cccc1F. The van der Waals surface area contributed by atoms with Gasteiger partial charge in [-0.1, -0.05) is 6.07 Å². The molecule has 2 N–H and O–H groups in total. The van der Waals surface area contributed by atoms with Crippen LogP contribution >= 0.6 is 0 Å². The standard InChI is InChI=1S/C21H19F2N3O4/c1-11(19(27)25-18-13(22)4-2-5-14(18)23)30-21(29)12-7-8-16-15(10-12)24-20(28)17-6-3-9-26(16)17/h2,4-5,7-8,10-11,17H,3,6,9H2,1H3,(H,24,28)(H,25,27)/t11-,17-/m0/s1. The molecule has 0 bridgehead atoms. The molecule has 0 spiro atoms. The van der Waals surface area contributed by atoms with Gasteiger partial charge in [-0.15, -0.1) is 0 Å². The second-order valence-corrected chi connectivity index (χ2v) is 7.21. The summed E-state index contributed by atoms with van der Waals surface area (Å²) in [6, 6.07) is 7.74. The molecule has 2 aromatic rings. The smallest absolute Gasteiger partial charge is 0.338 e. The molecule has 0 aromatic heterocycles. The third-order valence-corrected chi connectivity index (χ3v) is 5.22. The lowest BCUT2D eigenvalue weighted by Crippen LogP contribution is -2.43. The Morgan fingerprint density at radius 2 is 1.97 bits per heavy atom. The van der Waals surface area contributed by atoms with Crippen LogP contribution in [0.2, 0.25) is 0 Å². The number of hydrogen-bond acceptors (Lipinski definition) is 5. The van der Waals surface area contributed by atoms with Gasteiger partial charge in [0, 0.05) is 6.54 Å². The van der Waals surface area contributed by atoms with Crippen LogP contribution in [-0.4, -0.2) is 36.5 Å². The molecule has 9 heteroatoms. The van der Waals surface area contributed by atoms with Gasteiger partial charge in [-0.05, 0) is 50.1 Å². The van der Waals surface area contributed by atoms with Crippen molar-refractivity contribution < 1.29 is 27.9 Å². The van der Waals surface area contributed by atoms with E-state index in [-0.39, 0.29) is 17.5 Å². The zero-order valence-electron chi connectivity index (χ0n) is 16.1. The first-order valence-electron chi connectivity index (χ1n) is 9.52. The quantitative estimate of drug-likeness (QED) is 0.750. The van der Waals surface area contributed by atoms with E-state index in [0.29, 0.717) is 5.69 Å². The molecular formula is C21H19F2N3O4. The Morgan fingerprint density at radius 3 is 2.70 bits per heavy atom. The molecular weight excluding hydrogens is 396 g/mol. The number of nitrogens with one attached hydrogen (secondary N) is 2. The average Bonchev–Trinajstić information content (AvgIpc) is 3.21. The fourth-order valence-electron chi connectivity index (χ4n) is 3.68. The van der Waals surface area contributed by atoms with Gasteiger partial charge in [-0.3, -0.25) is 9.59 Å². The highest BCUT2D eigenvalue weighted by Gasteiger charge is 2.36. The number of nitrogens with zero attached hydrogens (tertiary/aromatic N) is 1. The van der Waals surface area contributed by atoms with Gasteiger partial charge in [-0.25, -0.2) is 13.6 Å². The number of fused-ring (bicyclic) bond motifs is 3. The average molecular weight is 415 g/mol. The van der Waals surface area contributed by atoms with Crippen molar-refractivity contribution in [3.63, 3.8) is 0 Å². The molecule has 2 aliphatic heterocycles. The number of anilines is 3. The molecule has 4 rings (SSSR count). The lowest BCUT2D eigenvalue weighted by Gasteiger charge is -2.33. The van der Waals surface area contributed by atoms with Crippen LogP contribution in [0.4, 0.5) is 25.8 Å². The first-order chi connectivity index (χ1) is 14.3. The van der Waals surface area contributed by atoms with Crippen molar-refractivity contribution in [1.82, 2.24) is 0 Å². The molecule has 156 valence electrons. The van der Waals surface area contributed by atoms with Crippen molar-refractivity contribution in [3.05, 3.63) is 53.6 Å². The van der Waals surface area contributed by atoms with E-state index in [0.717, 1.165) is 37.2 Å². The third-order valence-electron chi connectivity index (χ3n) is 5.22. The molecule has 1 saturated heterocycles. The summed E-state index contributed by atoms with van der Waals surface area (Å²) in [6.07, 6.45) is 0.394. The van der Waals surface area contributed by atoms with Crippen molar-refractivity contribution in [1.29, 1.82) is 0 Å². The molecule has 7 nitrogen and oxygen atoms in total. The Bertz CT molecular complexity index is 1020. The van der Waals surface area contributed by atoms with Gasteiger partial charge >= 0.3 is 5.97 Å². The topological polar surface area (TPSA) is 87.7 Å². The fourth-order valence-corrected chi connectivity index (χ4v) is 3.68. The third kappa shape index (κ3) is 3.58. The van der Waals surface area contributed by atoms with Crippen LogP contribution in [0.3, 0.4) is 0 Å². The van der Waals surface area contributed by atoms with E-state index in [9.17, 15) is 23.2 Å². The number of ether oxygens (including phenoxy) is 1. The Labute approximate surface area is 171 Å². The molecule has 2 amide bonds. The van der Waals surface area contributed by atoms with Gasteiger partial charge in [0.25, 0.3) is 5.91 Å². The fraction of sp³-hybridized carbons (Fsp3) is 0.286. The number of amides is 2. The molecule has 2 aromatic carbocycles. The Kier molecular flexibility index (Phi) is 5.11. The maximum Gasteiger partial charge on any atom is 0.338 e. The predicted octanol–water partition coefficient (Wildman–Crippen LogP) is 3.07. The first kappa shape index (κ1) is 19.8. The van der Waals surface area contributed by atoms with E-state index in [1.165, 1.54) is 19.1 Å². The summed E-state index contributed by atoms with van der Waals surface area (Å²) in [6.45, 7) is 2.06. The monoisotopic (exact) mass is 415 g/mol. The second kappa shape index (κ2) is 7.74. The zero-order chi connectivity index (χ0) is 21.4. The summed E-state index contributed by atoms with van der Waals surface area (Å²) < 4.78 is 32.5. The maximum absolute atomic E-state index is 13.7. The number of benzene rings is 2. The number of halogens is 2. The van der Waals surface area contributed by atoms with E-state index < -0.39 is 35.3 Å². The van der Waals surface area contributed by atoms with Crippen LogP contribution in [0.1, 0.15) is 30.1 Å². The Hall–Kier alpha value is -3.49. The highest BCUT2D eigenvalue weighted by atomic mass is 19.1. The molecule has 1 fully saturated rings. The van der Waals surface area contributed by atoms with E-state index in [1.807, 2.05) is 4.90 Å². The molecule has 2 aliphatic rings. The minimum atomic E-state index is -1.30. The first-order valence-corrected chi connectivity index (χ1v) is 9.52. The van der Waals surface area contributed by atoms with Gasteiger partial charge in [0.15, 0.2) is 6.10 Å². The van der Waals surface area contributed by atoms with Crippen molar-refractivity contribution in [2.75, 3.05) is 22.1 Å². The molecule has 30 heavy (non-hydrogen) atoms.